The van der Waals surface area contributed by atoms with Crippen LogP contribution in [0.3, 0.4) is 0 Å². The van der Waals surface area contributed by atoms with E-state index in [-0.39, 0.29) is 46.7 Å². The van der Waals surface area contributed by atoms with Gasteiger partial charge in [0.05, 0.1) is 5.56 Å². The van der Waals surface area contributed by atoms with Crippen molar-refractivity contribution < 1.29 is 28.8 Å². The maximum Gasteiger partial charge on any atom is 0.363 e. The number of hydroxylamine groups is 2. The SMILES string of the molecule is O=C(ON1C(=O)CCC1=O)c1ccc2c(c1)C(=O)c1ccccc1C2=O. The summed E-state index contributed by atoms with van der Waals surface area (Å²) in [7, 11) is 0. The van der Waals surface area contributed by atoms with Gasteiger partial charge in [0.2, 0.25) is 0 Å². The van der Waals surface area contributed by atoms with E-state index < -0.39 is 17.8 Å². The number of ketones is 2. The highest BCUT2D eigenvalue weighted by atomic mass is 16.7. The van der Waals surface area contributed by atoms with Crippen LogP contribution in [0.5, 0.6) is 0 Å². The van der Waals surface area contributed by atoms with Gasteiger partial charge < -0.3 is 4.84 Å². The molecule has 7 heteroatoms. The molecule has 1 heterocycles. The zero-order valence-electron chi connectivity index (χ0n) is 13.4. The van der Waals surface area contributed by atoms with Crippen LogP contribution in [-0.2, 0) is 14.4 Å². The first-order valence-corrected chi connectivity index (χ1v) is 7.88. The van der Waals surface area contributed by atoms with Gasteiger partial charge in [0.1, 0.15) is 0 Å². The molecule has 0 unspecified atom stereocenters. The van der Waals surface area contributed by atoms with Crippen molar-refractivity contribution in [3.05, 3.63) is 70.3 Å². The Morgan fingerprint density at radius 1 is 0.769 bits per heavy atom. The zero-order chi connectivity index (χ0) is 18.4. The van der Waals surface area contributed by atoms with E-state index in [9.17, 15) is 24.0 Å². The molecule has 0 saturated carbocycles. The summed E-state index contributed by atoms with van der Waals surface area (Å²) >= 11 is 0. The molecule has 0 spiro atoms. The fraction of sp³-hybridized carbons (Fsp3) is 0.105. The molecule has 2 aliphatic rings. The smallest absolute Gasteiger partial charge is 0.325 e. The summed E-state index contributed by atoms with van der Waals surface area (Å²) in [5.41, 5.74) is 0.826. The summed E-state index contributed by atoms with van der Waals surface area (Å²) in [6.07, 6.45) is -0.0276. The highest BCUT2D eigenvalue weighted by Crippen LogP contribution is 2.28. The van der Waals surface area contributed by atoms with Crippen LogP contribution in [-0.4, -0.2) is 34.4 Å². The molecule has 1 aliphatic carbocycles. The van der Waals surface area contributed by atoms with Gasteiger partial charge >= 0.3 is 5.97 Å². The minimum absolute atomic E-state index is 0.0138. The molecule has 1 fully saturated rings. The molecule has 4 rings (SSSR count). The molecular formula is C19H11NO6. The molecule has 1 saturated heterocycles. The summed E-state index contributed by atoms with van der Waals surface area (Å²) in [4.78, 5) is 65.4. The third-order valence-corrected chi connectivity index (χ3v) is 4.34. The van der Waals surface area contributed by atoms with Crippen molar-refractivity contribution in [1.82, 2.24) is 5.06 Å². The Labute approximate surface area is 147 Å². The zero-order valence-corrected chi connectivity index (χ0v) is 13.4. The molecular weight excluding hydrogens is 338 g/mol. The van der Waals surface area contributed by atoms with Crippen LogP contribution >= 0.6 is 0 Å². The second-order valence-electron chi connectivity index (χ2n) is 5.92. The minimum atomic E-state index is -0.949. The molecule has 0 bridgehead atoms. The van der Waals surface area contributed by atoms with Crippen LogP contribution in [0.4, 0.5) is 0 Å². The van der Waals surface area contributed by atoms with Crippen molar-refractivity contribution in [3.63, 3.8) is 0 Å². The maximum atomic E-state index is 12.7. The van der Waals surface area contributed by atoms with E-state index in [1.165, 1.54) is 18.2 Å². The normalized spacial score (nSPS) is 15.8. The summed E-state index contributed by atoms with van der Waals surface area (Å²) in [5, 5.41) is 0.435. The number of carbonyl (C=O) groups excluding carboxylic acids is 5. The first-order chi connectivity index (χ1) is 12.5. The lowest BCUT2D eigenvalue weighted by Gasteiger charge is -2.18. The van der Waals surface area contributed by atoms with Crippen molar-refractivity contribution in [2.45, 2.75) is 12.8 Å². The predicted octanol–water partition coefficient (Wildman–Crippen LogP) is 1.68. The van der Waals surface area contributed by atoms with E-state index >= 15 is 0 Å². The molecule has 0 aromatic heterocycles. The molecule has 0 N–H and O–H groups in total. The Morgan fingerprint density at radius 3 is 1.92 bits per heavy atom. The molecule has 2 aromatic rings. The molecule has 0 radical (unpaired) electrons. The Hall–Kier alpha value is -3.61. The van der Waals surface area contributed by atoms with Gasteiger partial charge in [0, 0.05) is 35.1 Å². The van der Waals surface area contributed by atoms with Gasteiger partial charge in [0.25, 0.3) is 11.8 Å². The van der Waals surface area contributed by atoms with Gasteiger partial charge in [-0.25, -0.2) is 4.79 Å². The standard InChI is InChI=1S/C19H11NO6/c21-15-7-8-16(22)20(15)26-19(25)10-5-6-13-14(9-10)18(24)12-4-2-1-3-11(12)17(13)23/h1-6,9H,7-8H2. The quantitative estimate of drug-likeness (QED) is 0.653. The lowest BCUT2D eigenvalue weighted by atomic mass is 9.83. The van der Waals surface area contributed by atoms with Crippen molar-refractivity contribution in [2.24, 2.45) is 0 Å². The molecule has 0 atom stereocenters. The van der Waals surface area contributed by atoms with Gasteiger partial charge in [0.15, 0.2) is 11.6 Å². The van der Waals surface area contributed by atoms with Crippen LogP contribution in [0.15, 0.2) is 42.5 Å². The van der Waals surface area contributed by atoms with Crippen LogP contribution < -0.4 is 0 Å². The Kier molecular flexibility index (Phi) is 3.50. The number of benzene rings is 2. The topological polar surface area (TPSA) is 97.8 Å². The molecule has 1 aliphatic heterocycles. The number of carbonyl (C=O) groups is 5. The lowest BCUT2D eigenvalue weighted by Crippen LogP contribution is -2.32. The van der Waals surface area contributed by atoms with E-state index in [4.69, 9.17) is 4.84 Å². The second kappa shape index (κ2) is 5.73. The Morgan fingerprint density at radius 2 is 1.31 bits per heavy atom. The van der Waals surface area contributed by atoms with Crippen molar-refractivity contribution in [3.8, 4) is 0 Å². The summed E-state index contributed by atoms with van der Waals surface area (Å²) < 4.78 is 0. The number of amides is 2. The molecule has 2 amide bonds. The number of hydrogen-bond acceptors (Lipinski definition) is 6. The third-order valence-electron chi connectivity index (χ3n) is 4.34. The van der Waals surface area contributed by atoms with Gasteiger partial charge in [-0.15, -0.1) is 5.06 Å². The lowest BCUT2D eigenvalue weighted by molar-refractivity contribution is -0.172. The monoisotopic (exact) mass is 349 g/mol. The predicted molar refractivity (Wildman–Crippen MR) is 86.3 cm³/mol. The van der Waals surface area contributed by atoms with Gasteiger partial charge in [-0.3, -0.25) is 19.2 Å². The number of hydrogen-bond donors (Lipinski definition) is 0. The average Bonchev–Trinajstić information content (AvgIpc) is 2.97. The number of imide groups is 1. The summed E-state index contributed by atoms with van der Waals surface area (Å²) in [5.74, 6) is -2.82. The van der Waals surface area contributed by atoms with Crippen LogP contribution in [0.2, 0.25) is 0 Å². The van der Waals surface area contributed by atoms with E-state index in [2.05, 4.69) is 0 Å². The maximum absolute atomic E-state index is 12.7. The minimum Gasteiger partial charge on any atom is -0.325 e. The highest BCUT2D eigenvalue weighted by molar-refractivity contribution is 6.28. The first-order valence-electron chi connectivity index (χ1n) is 7.88. The molecule has 26 heavy (non-hydrogen) atoms. The van der Waals surface area contributed by atoms with Crippen molar-refractivity contribution >= 4 is 29.4 Å². The van der Waals surface area contributed by atoms with Gasteiger partial charge in [-0.2, -0.15) is 0 Å². The Bertz CT molecular complexity index is 1010. The fourth-order valence-electron chi connectivity index (χ4n) is 3.02. The van der Waals surface area contributed by atoms with Crippen LogP contribution in [0, 0.1) is 0 Å². The van der Waals surface area contributed by atoms with E-state index in [1.807, 2.05) is 0 Å². The van der Waals surface area contributed by atoms with Crippen molar-refractivity contribution in [1.29, 1.82) is 0 Å². The first kappa shape index (κ1) is 15.9. The number of rotatable bonds is 2. The van der Waals surface area contributed by atoms with E-state index in [0.29, 0.717) is 10.6 Å². The number of nitrogens with zero attached hydrogens (tertiary/aromatic N) is 1. The highest BCUT2D eigenvalue weighted by Gasteiger charge is 2.34. The summed E-state index contributed by atoms with van der Waals surface area (Å²) in [6, 6.07) is 10.4. The van der Waals surface area contributed by atoms with Crippen molar-refractivity contribution in [2.75, 3.05) is 0 Å². The van der Waals surface area contributed by atoms with Gasteiger partial charge in [-0.1, -0.05) is 24.3 Å². The van der Waals surface area contributed by atoms with Crippen LogP contribution in [0.25, 0.3) is 0 Å². The largest absolute Gasteiger partial charge is 0.363 e. The fourth-order valence-corrected chi connectivity index (χ4v) is 3.02. The van der Waals surface area contributed by atoms with Gasteiger partial charge in [-0.05, 0) is 18.2 Å². The van der Waals surface area contributed by atoms with E-state index in [0.717, 1.165) is 0 Å². The van der Waals surface area contributed by atoms with E-state index in [1.54, 1.807) is 24.3 Å². The number of fused-ring (bicyclic) bond motifs is 2. The molecule has 128 valence electrons. The third kappa shape index (κ3) is 2.33. The second-order valence-corrected chi connectivity index (χ2v) is 5.92. The average molecular weight is 349 g/mol. The molecule has 7 nitrogen and oxygen atoms in total. The van der Waals surface area contributed by atoms with Crippen LogP contribution in [0.1, 0.15) is 55.0 Å². The summed E-state index contributed by atoms with van der Waals surface area (Å²) in [6.45, 7) is 0. The Balaban J connectivity index is 1.68. The molecule has 2 aromatic carbocycles.